The van der Waals surface area contributed by atoms with Gasteiger partial charge in [0.05, 0.1) is 11.2 Å². The first-order valence-corrected chi connectivity index (χ1v) is 7.69. The smallest absolute Gasteiger partial charge is 0.341 e. The molecule has 0 saturated heterocycles. The number of benzene rings is 2. The highest BCUT2D eigenvalue weighted by molar-refractivity contribution is 6.32. The van der Waals surface area contributed by atoms with Crippen LogP contribution < -0.4 is 15.5 Å². The van der Waals surface area contributed by atoms with E-state index >= 15 is 0 Å². The van der Waals surface area contributed by atoms with Gasteiger partial charge in [-0.25, -0.2) is 15.0 Å². The largest absolute Gasteiger partial charge is 0.480 e. The Morgan fingerprint density at radius 1 is 1.16 bits per heavy atom. The zero-order valence-electron chi connectivity index (χ0n) is 12.7. The molecule has 0 radical (unpaired) electrons. The second-order valence-electron chi connectivity index (χ2n) is 4.70. The summed E-state index contributed by atoms with van der Waals surface area (Å²) in [6.07, 6.45) is 1.38. The van der Waals surface area contributed by atoms with Crippen LogP contribution in [0.2, 0.25) is 10.0 Å². The maximum absolute atomic E-state index is 11.7. The summed E-state index contributed by atoms with van der Waals surface area (Å²) in [7, 11) is 0. The average molecular weight is 382 g/mol. The summed E-state index contributed by atoms with van der Waals surface area (Å²) in [5.74, 6) is -0.854. The molecule has 2 aromatic carbocycles. The summed E-state index contributed by atoms with van der Waals surface area (Å²) in [6.45, 7) is -0.487. The number of carboxylic acids is 1. The van der Waals surface area contributed by atoms with Crippen LogP contribution in [0.4, 0.5) is 10.5 Å². The number of rotatable bonds is 6. The number of hydrazone groups is 1. The maximum atomic E-state index is 11.7. The molecule has 25 heavy (non-hydrogen) atoms. The number of carbonyl (C=O) groups is 2. The predicted molar refractivity (Wildman–Crippen MR) is 95.8 cm³/mol. The van der Waals surface area contributed by atoms with Gasteiger partial charge in [-0.1, -0.05) is 23.2 Å². The fourth-order valence-corrected chi connectivity index (χ4v) is 2.08. The second kappa shape index (κ2) is 8.91. The van der Waals surface area contributed by atoms with Crippen molar-refractivity contribution in [1.29, 1.82) is 0 Å². The Morgan fingerprint density at radius 3 is 2.52 bits per heavy atom. The van der Waals surface area contributed by atoms with Gasteiger partial charge in [0, 0.05) is 10.7 Å². The van der Waals surface area contributed by atoms with Crippen molar-refractivity contribution < 1.29 is 19.4 Å². The standard InChI is InChI=1S/C16H13Cl2N3O4/c17-11-2-4-12(5-3-11)20-16(24)21-19-8-10-1-6-14(13(18)7-10)25-9-15(22)23/h1-8H,9H2,(H,22,23)(H2,20,21,24)/b19-8+. The van der Waals surface area contributed by atoms with Crippen LogP contribution in [0.3, 0.4) is 0 Å². The summed E-state index contributed by atoms with van der Waals surface area (Å²) in [6, 6.07) is 10.7. The lowest BCUT2D eigenvalue weighted by Crippen LogP contribution is -2.24. The number of urea groups is 1. The molecule has 0 atom stereocenters. The molecule has 0 aliphatic rings. The second-order valence-corrected chi connectivity index (χ2v) is 5.55. The number of nitrogens with one attached hydrogen (secondary N) is 2. The third-order valence-electron chi connectivity index (χ3n) is 2.79. The quantitative estimate of drug-likeness (QED) is 0.525. The molecular weight excluding hydrogens is 369 g/mol. The lowest BCUT2D eigenvalue weighted by Gasteiger charge is -2.06. The van der Waals surface area contributed by atoms with Gasteiger partial charge in [-0.05, 0) is 48.0 Å². The molecule has 7 nitrogen and oxygen atoms in total. The minimum atomic E-state index is -1.10. The summed E-state index contributed by atoms with van der Waals surface area (Å²) >= 11 is 11.7. The molecular formula is C16H13Cl2N3O4. The van der Waals surface area contributed by atoms with Crippen LogP contribution in [0.1, 0.15) is 5.56 Å². The van der Waals surface area contributed by atoms with E-state index in [1.54, 1.807) is 30.3 Å². The van der Waals surface area contributed by atoms with E-state index in [4.69, 9.17) is 33.0 Å². The van der Waals surface area contributed by atoms with Gasteiger partial charge >= 0.3 is 12.0 Å². The Hall–Kier alpha value is -2.77. The van der Waals surface area contributed by atoms with Crippen LogP contribution in [0.5, 0.6) is 5.75 Å². The lowest BCUT2D eigenvalue weighted by molar-refractivity contribution is -0.139. The van der Waals surface area contributed by atoms with E-state index < -0.39 is 18.6 Å². The number of carbonyl (C=O) groups excluding carboxylic acids is 1. The number of hydrogen-bond donors (Lipinski definition) is 3. The molecule has 9 heteroatoms. The van der Waals surface area contributed by atoms with Crippen molar-refractivity contribution in [3.05, 3.63) is 58.1 Å². The van der Waals surface area contributed by atoms with Gasteiger partial charge in [0.15, 0.2) is 6.61 Å². The van der Waals surface area contributed by atoms with E-state index in [1.807, 2.05) is 0 Å². The van der Waals surface area contributed by atoms with E-state index in [1.165, 1.54) is 18.3 Å². The highest BCUT2D eigenvalue weighted by Gasteiger charge is 2.05. The van der Waals surface area contributed by atoms with Crippen molar-refractivity contribution in [3.8, 4) is 5.75 Å². The molecule has 0 spiro atoms. The molecule has 0 heterocycles. The fraction of sp³-hybridized carbons (Fsp3) is 0.0625. The van der Waals surface area contributed by atoms with Gasteiger partial charge in [0.25, 0.3) is 0 Å². The molecule has 0 fully saturated rings. The van der Waals surface area contributed by atoms with Crippen molar-refractivity contribution in [2.24, 2.45) is 5.10 Å². The van der Waals surface area contributed by atoms with Crippen LogP contribution in [0, 0.1) is 0 Å². The number of amides is 2. The Morgan fingerprint density at radius 2 is 1.88 bits per heavy atom. The highest BCUT2D eigenvalue weighted by atomic mass is 35.5. The number of carboxylic acid groups (broad SMARTS) is 1. The minimum absolute atomic E-state index is 0.232. The zero-order valence-corrected chi connectivity index (χ0v) is 14.2. The molecule has 2 rings (SSSR count). The first kappa shape index (κ1) is 18.6. The topological polar surface area (TPSA) is 100 Å². The molecule has 130 valence electrons. The van der Waals surface area contributed by atoms with Crippen molar-refractivity contribution in [2.45, 2.75) is 0 Å². The van der Waals surface area contributed by atoms with Gasteiger partial charge < -0.3 is 15.2 Å². The van der Waals surface area contributed by atoms with Gasteiger partial charge in [-0.15, -0.1) is 0 Å². The SMILES string of the molecule is O=C(O)COc1ccc(/C=N/NC(=O)Nc2ccc(Cl)cc2)cc1Cl. The Kier molecular flexibility index (Phi) is 6.62. The number of aliphatic carboxylic acids is 1. The predicted octanol–water partition coefficient (Wildman–Crippen LogP) is 3.61. The molecule has 0 aromatic heterocycles. The van der Waals surface area contributed by atoms with Gasteiger partial charge in [0.1, 0.15) is 5.75 Å². The van der Waals surface area contributed by atoms with Crippen LogP contribution in [0.25, 0.3) is 0 Å². The van der Waals surface area contributed by atoms with E-state index in [-0.39, 0.29) is 10.8 Å². The monoisotopic (exact) mass is 381 g/mol. The molecule has 0 aliphatic carbocycles. The van der Waals surface area contributed by atoms with Gasteiger partial charge in [-0.2, -0.15) is 5.10 Å². The van der Waals surface area contributed by atoms with Crippen molar-refractivity contribution in [1.82, 2.24) is 5.43 Å². The maximum Gasteiger partial charge on any atom is 0.341 e. The molecule has 3 N–H and O–H groups in total. The molecule has 0 aliphatic heterocycles. The lowest BCUT2D eigenvalue weighted by atomic mass is 10.2. The molecule has 2 aromatic rings. The number of hydrogen-bond acceptors (Lipinski definition) is 4. The molecule has 0 unspecified atom stereocenters. The van der Waals surface area contributed by atoms with E-state index in [0.717, 1.165) is 0 Å². The fourth-order valence-electron chi connectivity index (χ4n) is 1.71. The Labute approximate surface area is 153 Å². The molecule has 0 bridgehead atoms. The number of halogens is 2. The zero-order chi connectivity index (χ0) is 18.2. The summed E-state index contributed by atoms with van der Waals surface area (Å²) in [4.78, 5) is 22.1. The van der Waals surface area contributed by atoms with Gasteiger partial charge in [0.2, 0.25) is 0 Å². The number of anilines is 1. The first-order valence-electron chi connectivity index (χ1n) is 6.94. The molecule has 2 amide bonds. The highest BCUT2D eigenvalue weighted by Crippen LogP contribution is 2.24. The van der Waals surface area contributed by atoms with E-state index in [0.29, 0.717) is 16.3 Å². The van der Waals surface area contributed by atoms with Gasteiger partial charge in [-0.3, -0.25) is 0 Å². The molecule has 0 saturated carbocycles. The average Bonchev–Trinajstić information content (AvgIpc) is 2.56. The summed E-state index contributed by atoms with van der Waals surface area (Å²) in [5.41, 5.74) is 3.47. The summed E-state index contributed by atoms with van der Waals surface area (Å²) in [5, 5.41) is 15.7. The van der Waals surface area contributed by atoms with Crippen LogP contribution >= 0.6 is 23.2 Å². The minimum Gasteiger partial charge on any atom is -0.480 e. The van der Waals surface area contributed by atoms with E-state index in [9.17, 15) is 9.59 Å². The third kappa shape index (κ3) is 6.33. The number of ether oxygens (including phenoxy) is 1. The Bertz CT molecular complexity index is 794. The van der Waals surface area contributed by atoms with Crippen LogP contribution in [0.15, 0.2) is 47.6 Å². The van der Waals surface area contributed by atoms with E-state index in [2.05, 4.69) is 15.8 Å². The normalized spacial score (nSPS) is 10.5. The summed E-state index contributed by atoms with van der Waals surface area (Å²) < 4.78 is 5.01. The first-order chi connectivity index (χ1) is 11.9. The Balaban J connectivity index is 1.88. The number of nitrogens with zero attached hydrogens (tertiary/aromatic N) is 1. The van der Waals surface area contributed by atoms with Crippen LogP contribution in [-0.2, 0) is 4.79 Å². The van der Waals surface area contributed by atoms with Crippen molar-refractivity contribution >= 4 is 47.1 Å². The van der Waals surface area contributed by atoms with Crippen molar-refractivity contribution in [3.63, 3.8) is 0 Å². The third-order valence-corrected chi connectivity index (χ3v) is 3.34. The van der Waals surface area contributed by atoms with Crippen LogP contribution in [-0.4, -0.2) is 29.9 Å². The van der Waals surface area contributed by atoms with Crippen molar-refractivity contribution in [2.75, 3.05) is 11.9 Å².